The molecule has 0 N–H and O–H groups in total. The molecule has 3 rings (SSSR count). The van der Waals surface area contributed by atoms with Gasteiger partial charge in [0.15, 0.2) is 0 Å². The van der Waals surface area contributed by atoms with Crippen molar-refractivity contribution in [3.05, 3.63) is 59.0 Å². The highest BCUT2D eigenvalue weighted by Gasteiger charge is 2.19. The van der Waals surface area contributed by atoms with Gasteiger partial charge < -0.3 is 4.74 Å². The SMILES string of the molecule is COc1ccc2sc(C(=O)N(C)N(C)c3cccc(C#N)c3)cc2c1. The second kappa shape index (κ2) is 6.83. The lowest BCUT2D eigenvalue weighted by Gasteiger charge is -2.29. The van der Waals surface area contributed by atoms with Gasteiger partial charge in [-0.15, -0.1) is 11.3 Å². The Morgan fingerprint density at radius 2 is 1.96 bits per heavy atom. The molecule has 0 aliphatic rings. The van der Waals surface area contributed by atoms with Crippen LogP contribution in [0.3, 0.4) is 0 Å². The Labute approximate surface area is 150 Å². The molecular formula is C19H17N3O2S. The van der Waals surface area contributed by atoms with Crippen LogP contribution in [0.25, 0.3) is 10.1 Å². The molecule has 0 atom stereocenters. The zero-order chi connectivity index (χ0) is 18.0. The zero-order valence-electron chi connectivity index (χ0n) is 14.2. The van der Waals surface area contributed by atoms with Crippen molar-refractivity contribution in [2.45, 2.75) is 0 Å². The Kier molecular flexibility index (Phi) is 4.59. The second-order valence-corrected chi connectivity index (χ2v) is 6.61. The molecule has 1 amide bonds. The van der Waals surface area contributed by atoms with Crippen LogP contribution in [-0.2, 0) is 0 Å². The summed E-state index contributed by atoms with van der Waals surface area (Å²) in [6, 6.07) is 16.9. The molecule has 0 spiro atoms. The Balaban J connectivity index is 1.87. The second-order valence-electron chi connectivity index (χ2n) is 5.53. The maximum atomic E-state index is 12.8. The summed E-state index contributed by atoms with van der Waals surface area (Å²) in [7, 11) is 5.13. The number of anilines is 1. The number of methoxy groups -OCH3 is 1. The lowest BCUT2D eigenvalue weighted by Crippen LogP contribution is -2.41. The van der Waals surface area contributed by atoms with E-state index in [1.54, 1.807) is 49.4 Å². The topological polar surface area (TPSA) is 56.6 Å². The summed E-state index contributed by atoms with van der Waals surface area (Å²) in [6.07, 6.45) is 0. The summed E-state index contributed by atoms with van der Waals surface area (Å²) in [5, 5.41) is 13.3. The molecule has 0 bridgehead atoms. The Morgan fingerprint density at radius 1 is 1.16 bits per heavy atom. The average Bonchev–Trinajstić information content (AvgIpc) is 3.09. The van der Waals surface area contributed by atoms with Crippen molar-refractivity contribution in [2.75, 3.05) is 26.2 Å². The maximum Gasteiger partial charge on any atom is 0.282 e. The first kappa shape index (κ1) is 16.8. The molecule has 0 unspecified atom stereocenters. The van der Waals surface area contributed by atoms with E-state index in [1.807, 2.05) is 30.3 Å². The predicted octanol–water partition coefficient (Wildman–Crippen LogP) is 3.90. The molecule has 0 radical (unpaired) electrons. The van der Waals surface area contributed by atoms with Crippen molar-refractivity contribution in [2.24, 2.45) is 0 Å². The fraction of sp³-hybridized carbons (Fsp3) is 0.158. The van der Waals surface area contributed by atoms with E-state index in [4.69, 9.17) is 10.00 Å². The van der Waals surface area contributed by atoms with Crippen LogP contribution in [0.2, 0.25) is 0 Å². The lowest BCUT2D eigenvalue weighted by molar-refractivity contribution is 0.0791. The van der Waals surface area contributed by atoms with Crippen LogP contribution >= 0.6 is 11.3 Å². The van der Waals surface area contributed by atoms with Crippen LogP contribution in [0.4, 0.5) is 5.69 Å². The van der Waals surface area contributed by atoms with Crippen molar-refractivity contribution in [1.82, 2.24) is 5.01 Å². The monoisotopic (exact) mass is 351 g/mol. The largest absolute Gasteiger partial charge is 0.497 e. The standard InChI is InChI=1S/C19H17N3O2S/c1-21(15-6-4-5-13(9-15)12-20)22(2)19(23)18-11-14-10-16(24-3)7-8-17(14)25-18/h4-11H,1-3H3. The molecule has 3 aromatic rings. The van der Waals surface area contributed by atoms with Crippen LogP contribution in [0.5, 0.6) is 5.75 Å². The number of amides is 1. The summed E-state index contributed by atoms with van der Waals surface area (Å²) in [5.74, 6) is 0.660. The van der Waals surface area contributed by atoms with Crippen LogP contribution in [0.15, 0.2) is 48.5 Å². The van der Waals surface area contributed by atoms with E-state index in [0.717, 1.165) is 21.5 Å². The number of nitrogens with zero attached hydrogens (tertiary/aromatic N) is 3. The number of ether oxygens (including phenoxy) is 1. The van der Waals surface area contributed by atoms with E-state index in [2.05, 4.69) is 6.07 Å². The van der Waals surface area contributed by atoms with Gasteiger partial charge in [0, 0.05) is 18.8 Å². The van der Waals surface area contributed by atoms with Gasteiger partial charge in [0.1, 0.15) is 5.75 Å². The molecule has 5 nitrogen and oxygen atoms in total. The molecule has 2 aromatic carbocycles. The van der Waals surface area contributed by atoms with Crippen LogP contribution < -0.4 is 9.75 Å². The molecule has 1 aromatic heterocycles. The summed E-state index contributed by atoms with van der Waals surface area (Å²) in [5.41, 5.74) is 1.33. The lowest BCUT2D eigenvalue weighted by atomic mass is 10.2. The summed E-state index contributed by atoms with van der Waals surface area (Å²) >= 11 is 1.45. The molecule has 126 valence electrons. The number of hydrazine groups is 1. The number of thiophene rings is 1. The summed E-state index contributed by atoms with van der Waals surface area (Å²) in [4.78, 5) is 13.5. The molecule has 0 aliphatic carbocycles. The molecule has 6 heteroatoms. The molecule has 0 saturated heterocycles. The molecule has 0 saturated carbocycles. The van der Waals surface area contributed by atoms with Crippen molar-refractivity contribution in [3.63, 3.8) is 0 Å². The van der Waals surface area contributed by atoms with Crippen molar-refractivity contribution < 1.29 is 9.53 Å². The van der Waals surface area contributed by atoms with Gasteiger partial charge in [0.05, 0.1) is 29.3 Å². The number of carbonyl (C=O) groups is 1. The molecular weight excluding hydrogens is 334 g/mol. The van der Waals surface area contributed by atoms with E-state index in [9.17, 15) is 4.79 Å². The number of fused-ring (bicyclic) bond motifs is 1. The normalized spacial score (nSPS) is 10.3. The molecule has 0 fully saturated rings. The van der Waals surface area contributed by atoms with Gasteiger partial charge in [0.2, 0.25) is 0 Å². The predicted molar refractivity (Wildman–Crippen MR) is 100 cm³/mol. The zero-order valence-corrected chi connectivity index (χ0v) is 15.0. The number of hydrogen-bond acceptors (Lipinski definition) is 5. The van der Waals surface area contributed by atoms with Crippen LogP contribution in [0.1, 0.15) is 15.2 Å². The number of nitriles is 1. The minimum Gasteiger partial charge on any atom is -0.497 e. The number of benzene rings is 2. The maximum absolute atomic E-state index is 12.8. The quantitative estimate of drug-likeness (QED) is 0.669. The first-order valence-electron chi connectivity index (χ1n) is 7.63. The van der Waals surface area contributed by atoms with Gasteiger partial charge >= 0.3 is 0 Å². The Hall–Kier alpha value is -3.04. The smallest absolute Gasteiger partial charge is 0.282 e. The van der Waals surface area contributed by atoms with Crippen molar-refractivity contribution in [3.8, 4) is 11.8 Å². The highest BCUT2D eigenvalue weighted by Crippen LogP contribution is 2.30. The fourth-order valence-corrected chi connectivity index (χ4v) is 3.51. The third-order valence-electron chi connectivity index (χ3n) is 4.03. The number of carbonyl (C=O) groups excluding carboxylic acids is 1. The first-order valence-corrected chi connectivity index (χ1v) is 8.44. The Bertz CT molecular complexity index is 974. The average molecular weight is 351 g/mol. The van der Waals surface area contributed by atoms with Gasteiger partial charge in [0.25, 0.3) is 5.91 Å². The minimum absolute atomic E-state index is 0.106. The van der Waals surface area contributed by atoms with Gasteiger partial charge in [-0.2, -0.15) is 5.26 Å². The number of rotatable bonds is 4. The summed E-state index contributed by atoms with van der Waals surface area (Å²) < 4.78 is 6.27. The molecule has 25 heavy (non-hydrogen) atoms. The van der Waals surface area contributed by atoms with Gasteiger partial charge in [-0.1, -0.05) is 6.07 Å². The summed E-state index contributed by atoms with van der Waals surface area (Å²) in [6.45, 7) is 0. The van der Waals surface area contributed by atoms with E-state index < -0.39 is 0 Å². The van der Waals surface area contributed by atoms with Gasteiger partial charge in [-0.05, 0) is 47.9 Å². The third-order valence-corrected chi connectivity index (χ3v) is 5.13. The third kappa shape index (κ3) is 3.28. The van der Waals surface area contributed by atoms with E-state index in [1.165, 1.54) is 11.3 Å². The van der Waals surface area contributed by atoms with E-state index >= 15 is 0 Å². The van der Waals surface area contributed by atoms with E-state index in [-0.39, 0.29) is 5.91 Å². The highest BCUT2D eigenvalue weighted by molar-refractivity contribution is 7.20. The number of hydrogen-bond donors (Lipinski definition) is 0. The van der Waals surface area contributed by atoms with Crippen LogP contribution in [-0.4, -0.2) is 32.1 Å². The van der Waals surface area contributed by atoms with Crippen molar-refractivity contribution >= 4 is 33.0 Å². The fourth-order valence-electron chi connectivity index (χ4n) is 2.50. The highest BCUT2D eigenvalue weighted by atomic mass is 32.1. The van der Waals surface area contributed by atoms with Gasteiger partial charge in [-0.3, -0.25) is 14.8 Å². The molecule has 0 aliphatic heterocycles. The van der Waals surface area contributed by atoms with Crippen molar-refractivity contribution in [1.29, 1.82) is 5.26 Å². The minimum atomic E-state index is -0.106. The van der Waals surface area contributed by atoms with Gasteiger partial charge in [-0.25, -0.2) is 0 Å². The van der Waals surface area contributed by atoms with Crippen LogP contribution in [0, 0.1) is 11.3 Å². The first-order chi connectivity index (χ1) is 12.0. The van der Waals surface area contributed by atoms with E-state index in [0.29, 0.717) is 10.4 Å². The molecule has 1 heterocycles. The Morgan fingerprint density at radius 3 is 2.68 bits per heavy atom.